The van der Waals surface area contributed by atoms with E-state index >= 15 is 0 Å². The van der Waals surface area contributed by atoms with Crippen LogP contribution in [0.5, 0.6) is 0 Å². The number of nitrogens with one attached hydrogen (secondary N) is 1. The lowest BCUT2D eigenvalue weighted by molar-refractivity contribution is 0.00935. The maximum Gasteiger partial charge on any atom is 0.318 e. The molecule has 1 aromatic rings. The number of nitrogens with zero attached hydrogens (tertiary/aromatic N) is 2. The van der Waals surface area contributed by atoms with E-state index in [1.54, 1.807) is 18.7 Å². The minimum atomic E-state index is -0.871. The second kappa shape index (κ2) is 7.99. The molecular formula is C19H31N3O2. The lowest BCUT2D eigenvalue weighted by Gasteiger charge is -2.35. The number of aliphatic hydroxyl groups is 1. The van der Waals surface area contributed by atoms with Gasteiger partial charge in [-0.05, 0) is 52.8 Å². The zero-order valence-corrected chi connectivity index (χ0v) is 15.3. The van der Waals surface area contributed by atoms with Crippen molar-refractivity contribution in [3.8, 4) is 0 Å². The molecule has 2 atom stereocenters. The second-order valence-electron chi connectivity index (χ2n) is 7.60. The van der Waals surface area contributed by atoms with E-state index in [-0.39, 0.29) is 18.1 Å². The van der Waals surface area contributed by atoms with Gasteiger partial charge in [-0.3, -0.25) is 0 Å². The highest BCUT2D eigenvalue weighted by molar-refractivity contribution is 5.75. The van der Waals surface area contributed by atoms with Gasteiger partial charge in [0.05, 0.1) is 11.6 Å². The summed E-state index contributed by atoms with van der Waals surface area (Å²) in [5.41, 5.74) is 0.342. The van der Waals surface area contributed by atoms with Gasteiger partial charge in [-0.25, -0.2) is 4.79 Å². The lowest BCUT2D eigenvalue weighted by Crippen LogP contribution is -2.54. The topological polar surface area (TPSA) is 55.8 Å². The molecule has 0 radical (unpaired) electrons. The number of hydrogen-bond acceptors (Lipinski definition) is 3. The highest BCUT2D eigenvalue weighted by Crippen LogP contribution is 2.26. The van der Waals surface area contributed by atoms with Crippen molar-refractivity contribution in [1.29, 1.82) is 0 Å². The smallest absolute Gasteiger partial charge is 0.318 e. The van der Waals surface area contributed by atoms with Gasteiger partial charge in [0, 0.05) is 19.1 Å². The van der Waals surface area contributed by atoms with Crippen molar-refractivity contribution in [2.24, 2.45) is 0 Å². The summed E-state index contributed by atoms with van der Waals surface area (Å²) in [6.45, 7) is 5.05. The number of rotatable bonds is 6. The van der Waals surface area contributed by atoms with Crippen molar-refractivity contribution in [1.82, 2.24) is 15.1 Å². The van der Waals surface area contributed by atoms with E-state index < -0.39 is 5.60 Å². The molecule has 0 aromatic heterocycles. The SMILES string of the molecule is CN(C)C[C@H](Cc1ccccc1)NC(=O)N1CCC[C@H]1C(C)(C)O. The van der Waals surface area contributed by atoms with E-state index in [4.69, 9.17) is 0 Å². The molecule has 0 saturated carbocycles. The third-order valence-electron chi connectivity index (χ3n) is 4.57. The summed E-state index contributed by atoms with van der Waals surface area (Å²) in [6.07, 6.45) is 2.60. The second-order valence-corrected chi connectivity index (χ2v) is 7.60. The standard InChI is InChI=1S/C19H31N3O2/c1-19(2,24)17-11-8-12-22(17)18(23)20-16(14-21(3)4)13-15-9-6-5-7-10-15/h5-7,9-10,16-17,24H,8,11-14H2,1-4H3,(H,20,23)/t16-,17-/m0/s1. The molecular weight excluding hydrogens is 302 g/mol. The molecule has 5 nitrogen and oxygen atoms in total. The summed E-state index contributed by atoms with van der Waals surface area (Å²) in [4.78, 5) is 16.7. The fourth-order valence-electron chi connectivity index (χ4n) is 3.50. The Hall–Kier alpha value is -1.59. The van der Waals surface area contributed by atoms with Gasteiger partial charge in [0.15, 0.2) is 0 Å². The molecule has 0 bridgehead atoms. The molecule has 134 valence electrons. The predicted molar refractivity (Wildman–Crippen MR) is 97.0 cm³/mol. The van der Waals surface area contributed by atoms with Crippen LogP contribution in [-0.2, 0) is 6.42 Å². The minimum absolute atomic E-state index is 0.0398. The van der Waals surface area contributed by atoms with Crippen LogP contribution in [0.15, 0.2) is 30.3 Å². The molecule has 0 spiro atoms. The monoisotopic (exact) mass is 333 g/mol. The van der Waals surface area contributed by atoms with E-state index in [2.05, 4.69) is 22.3 Å². The van der Waals surface area contributed by atoms with Crippen molar-refractivity contribution in [2.45, 2.75) is 50.8 Å². The number of benzene rings is 1. The molecule has 2 N–H and O–H groups in total. The Labute approximate surface area is 145 Å². The highest BCUT2D eigenvalue weighted by atomic mass is 16.3. The molecule has 0 unspecified atom stereocenters. The molecule has 24 heavy (non-hydrogen) atoms. The lowest BCUT2D eigenvalue weighted by atomic mass is 9.97. The Balaban J connectivity index is 2.04. The number of likely N-dealkylation sites (N-methyl/N-ethyl adjacent to an activating group) is 1. The molecule has 1 fully saturated rings. The first-order valence-corrected chi connectivity index (χ1v) is 8.75. The third kappa shape index (κ3) is 5.21. The van der Waals surface area contributed by atoms with E-state index in [1.807, 2.05) is 32.3 Å². The van der Waals surface area contributed by atoms with Crippen molar-refractivity contribution in [2.75, 3.05) is 27.2 Å². The van der Waals surface area contributed by atoms with Gasteiger partial charge >= 0.3 is 6.03 Å². The summed E-state index contributed by atoms with van der Waals surface area (Å²) >= 11 is 0. The zero-order valence-electron chi connectivity index (χ0n) is 15.3. The number of urea groups is 1. The van der Waals surface area contributed by atoms with Crippen LogP contribution in [0.4, 0.5) is 4.79 Å². The normalized spacial score (nSPS) is 19.6. The Morgan fingerprint density at radius 1 is 1.38 bits per heavy atom. The zero-order chi connectivity index (χ0) is 17.7. The predicted octanol–water partition coefficient (Wildman–Crippen LogP) is 2.10. The van der Waals surface area contributed by atoms with E-state index in [1.165, 1.54) is 5.56 Å². The molecule has 1 heterocycles. The quantitative estimate of drug-likeness (QED) is 0.838. The number of likely N-dealkylation sites (tertiary alicyclic amines) is 1. The summed E-state index contributed by atoms with van der Waals surface area (Å²) in [5, 5.41) is 13.5. The average molecular weight is 333 g/mol. The van der Waals surface area contributed by atoms with E-state index in [0.717, 1.165) is 25.8 Å². The Morgan fingerprint density at radius 2 is 2.04 bits per heavy atom. The molecule has 1 aliphatic rings. The van der Waals surface area contributed by atoms with Crippen LogP contribution in [0.1, 0.15) is 32.3 Å². The molecule has 2 rings (SSSR count). The van der Waals surface area contributed by atoms with Crippen molar-refractivity contribution >= 4 is 6.03 Å². The maximum absolute atomic E-state index is 12.8. The number of carbonyl (C=O) groups excluding carboxylic acids is 1. The van der Waals surface area contributed by atoms with Crippen LogP contribution in [0.2, 0.25) is 0 Å². The number of carbonyl (C=O) groups is 1. The van der Waals surface area contributed by atoms with E-state index in [9.17, 15) is 9.90 Å². The van der Waals surface area contributed by atoms with Crippen LogP contribution in [0, 0.1) is 0 Å². The van der Waals surface area contributed by atoms with E-state index in [0.29, 0.717) is 6.54 Å². The fraction of sp³-hybridized carbons (Fsp3) is 0.632. The molecule has 2 amide bonds. The van der Waals surface area contributed by atoms with Crippen molar-refractivity contribution in [3.05, 3.63) is 35.9 Å². The van der Waals surface area contributed by atoms with Gasteiger partial charge in [0.2, 0.25) is 0 Å². The maximum atomic E-state index is 12.8. The minimum Gasteiger partial charge on any atom is -0.388 e. The molecule has 0 aliphatic carbocycles. The van der Waals surface area contributed by atoms with Crippen LogP contribution < -0.4 is 5.32 Å². The van der Waals surface area contributed by atoms with Gasteiger partial charge < -0.3 is 20.2 Å². The van der Waals surface area contributed by atoms with Gasteiger partial charge in [-0.1, -0.05) is 30.3 Å². The van der Waals surface area contributed by atoms with Crippen LogP contribution in [0.25, 0.3) is 0 Å². The molecule has 5 heteroatoms. The van der Waals surface area contributed by atoms with Gasteiger partial charge in [-0.2, -0.15) is 0 Å². The van der Waals surface area contributed by atoms with Crippen LogP contribution in [-0.4, -0.2) is 65.8 Å². The summed E-state index contributed by atoms with van der Waals surface area (Å²) in [6, 6.07) is 10.1. The van der Waals surface area contributed by atoms with Gasteiger partial charge in [0.1, 0.15) is 0 Å². The molecule has 1 saturated heterocycles. The fourth-order valence-corrected chi connectivity index (χ4v) is 3.50. The van der Waals surface area contributed by atoms with Crippen molar-refractivity contribution in [3.63, 3.8) is 0 Å². The van der Waals surface area contributed by atoms with Crippen LogP contribution >= 0.6 is 0 Å². The summed E-state index contributed by atoms with van der Waals surface area (Å²) in [5.74, 6) is 0. The Kier molecular flexibility index (Phi) is 6.24. The van der Waals surface area contributed by atoms with Crippen LogP contribution in [0.3, 0.4) is 0 Å². The first-order valence-electron chi connectivity index (χ1n) is 8.75. The Morgan fingerprint density at radius 3 is 2.62 bits per heavy atom. The largest absolute Gasteiger partial charge is 0.388 e. The Bertz CT molecular complexity index is 525. The molecule has 1 aliphatic heterocycles. The number of amides is 2. The first kappa shape index (κ1) is 18.7. The summed E-state index contributed by atoms with van der Waals surface area (Å²) < 4.78 is 0. The van der Waals surface area contributed by atoms with Crippen molar-refractivity contribution < 1.29 is 9.90 Å². The third-order valence-corrected chi connectivity index (χ3v) is 4.57. The highest BCUT2D eigenvalue weighted by Gasteiger charge is 2.38. The molecule has 1 aromatic carbocycles. The number of hydrogen-bond donors (Lipinski definition) is 2. The van der Waals surface area contributed by atoms with Gasteiger partial charge in [0.25, 0.3) is 0 Å². The first-order chi connectivity index (χ1) is 11.3. The average Bonchev–Trinajstić information content (AvgIpc) is 2.97. The summed E-state index contributed by atoms with van der Waals surface area (Å²) in [7, 11) is 4.03. The van der Waals surface area contributed by atoms with Gasteiger partial charge in [-0.15, -0.1) is 0 Å².